The highest BCUT2D eigenvalue weighted by Gasteiger charge is 2.66. The van der Waals surface area contributed by atoms with Gasteiger partial charge >= 0.3 is 0 Å². The van der Waals surface area contributed by atoms with E-state index in [-0.39, 0.29) is 17.7 Å². The van der Waals surface area contributed by atoms with Gasteiger partial charge < -0.3 is 9.64 Å². The van der Waals surface area contributed by atoms with Gasteiger partial charge in [-0.25, -0.2) is 0 Å². The van der Waals surface area contributed by atoms with E-state index in [2.05, 4.69) is 6.58 Å². The van der Waals surface area contributed by atoms with Crippen molar-refractivity contribution >= 4 is 11.7 Å². The average Bonchev–Trinajstić information content (AvgIpc) is 2.69. The lowest BCUT2D eigenvalue weighted by Crippen LogP contribution is -2.71. The van der Waals surface area contributed by atoms with E-state index in [0.717, 1.165) is 11.3 Å². The van der Waals surface area contributed by atoms with Crippen molar-refractivity contribution in [3.63, 3.8) is 0 Å². The van der Waals surface area contributed by atoms with Crippen molar-refractivity contribution in [1.82, 2.24) is 4.90 Å². The summed E-state index contributed by atoms with van der Waals surface area (Å²) in [6, 6.07) is 16.3. The number of Topliss-reactive ketones (excluding diaryl/α,β-unsaturated/α-hetero) is 1. The Morgan fingerprint density at radius 3 is 2.25 bits per heavy atom. The number of nitrogens with zero attached hydrogens (tertiary/aromatic N) is 1. The van der Waals surface area contributed by atoms with Crippen LogP contribution in [0.3, 0.4) is 0 Å². The molecule has 28 heavy (non-hydrogen) atoms. The largest absolute Gasteiger partial charge is 0.497 e. The fraction of sp³-hybridized carbons (Fsp3) is 0.333. The lowest BCUT2D eigenvalue weighted by Gasteiger charge is -2.60. The van der Waals surface area contributed by atoms with Crippen LogP contribution in [-0.4, -0.2) is 29.2 Å². The van der Waals surface area contributed by atoms with Gasteiger partial charge in [-0.3, -0.25) is 9.59 Å². The molecule has 3 rings (SSSR count). The molecule has 0 spiro atoms. The minimum Gasteiger partial charge on any atom is -0.497 e. The third kappa shape index (κ3) is 3.03. The van der Waals surface area contributed by atoms with Crippen LogP contribution in [0, 0.1) is 5.41 Å². The van der Waals surface area contributed by atoms with Crippen molar-refractivity contribution in [3.05, 3.63) is 78.4 Å². The van der Waals surface area contributed by atoms with Crippen LogP contribution in [0.1, 0.15) is 49.2 Å². The number of ketones is 1. The van der Waals surface area contributed by atoms with Gasteiger partial charge in [0.1, 0.15) is 11.2 Å². The van der Waals surface area contributed by atoms with Crippen molar-refractivity contribution in [2.24, 2.45) is 5.41 Å². The molecule has 1 aliphatic heterocycles. The maximum atomic E-state index is 13.6. The number of benzene rings is 2. The maximum absolute atomic E-state index is 13.6. The third-order valence-electron chi connectivity index (χ3n) is 5.39. The van der Waals surface area contributed by atoms with E-state index in [9.17, 15) is 9.59 Å². The van der Waals surface area contributed by atoms with E-state index in [1.807, 2.05) is 68.1 Å². The van der Waals surface area contributed by atoms with Crippen molar-refractivity contribution in [1.29, 1.82) is 0 Å². The molecule has 1 fully saturated rings. The molecule has 2 aromatic carbocycles. The second-order valence-electron chi connectivity index (χ2n) is 8.18. The van der Waals surface area contributed by atoms with Gasteiger partial charge in [-0.15, -0.1) is 6.58 Å². The number of ether oxygens (including phenoxy) is 1. The SMILES string of the molecule is C=CC[C@]1(C(=O)c2ccccc2)C(=O)N(C(C)(C)C)[C@H]1c1ccc(OC)cc1. The Bertz CT molecular complexity index is 880. The van der Waals surface area contributed by atoms with Gasteiger partial charge in [-0.05, 0) is 44.9 Å². The first-order valence-corrected chi connectivity index (χ1v) is 9.46. The molecular formula is C24H27NO3. The minimum atomic E-state index is -1.18. The molecule has 4 nitrogen and oxygen atoms in total. The zero-order chi connectivity index (χ0) is 20.5. The van der Waals surface area contributed by atoms with Crippen molar-refractivity contribution in [2.45, 2.75) is 38.8 Å². The van der Waals surface area contributed by atoms with Crippen LogP contribution >= 0.6 is 0 Å². The number of β-lactam (4-membered cyclic amide) rings is 1. The summed E-state index contributed by atoms with van der Waals surface area (Å²) in [5, 5.41) is 0. The summed E-state index contributed by atoms with van der Waals surface area (Å²) in [5.41, 5.74) is -0.125. The van der Waals surface area contributed by atoms with E-state index in [1.54, 1.807) is 25.3 Å². The Kier molecular flexibility index (Phi) is 5.16. The predicted octanol–water partition coefficient (Wildman–Crippen LogP) is 4.82. The predicted molar refractivity (Wildman–Crippen MR) is 110 cm³/mol. The summed E-state index contributed by atoms with van der Waals surface area (Å²) < 4.78 is 5.27. The molecule has 2 aromatic rings. The molecule has 0 radical (unpaired) electrons. The van der Waals surface area contributed by atoms with Crippen LogP contribution < -0.4 is 4.74 Å². The monoisotopic (exact) mass is 377 g/mol. The summed E-state index contributed by atoms with van der Waals surface area (Å²) in [5.74, 6) is 0.439. The molecule has 1 amide bonds. The van der Waals surface area contributed by atoms with Crippen LogP contribution in [0.4, 0.5) is 0 Å². The van der Waals surface area contributed by atoms with Crippen LogP contribution in [0.5, 0.6) is 5.75 Å². The van der Waals surface area contributed by atoms with Gasteiger partial charge in [0, 0.05) is 11.1 Å². The van der Waals surface area contributed by atoms with E-state index in [0.29, 0.717) is 12.0 Å². The normalized spacial score (nSPS) is 21.8. The Balaban J connectivity index is 2.16. The third-order valence-corrected chi connectivity index (χ3v) is 5.39. The highest BCUT2D eigenvalue weighted by molar-refractivity contribution is 6.18. The Hall–Kier alpha value is -2.88. The maximum Gasteiger partial charge on any atom is 0.240 e. The van der Waals surface area contributed by atoms with Crippen LogP contribution in [0.25, 0.3) is 0 Å². The van der Waals surface area contributed by atoms with Gasteiger partial charge in [-0.1, -0.05) is 48.5 Å². The Labute approximate surface area is 166 Å². The van der Waals surface area contributed by atoms with Gasteiger partial charge in [0.15, 0.2) is 5.78 Å². The summed E-state index contributed by atoms with van der Waals surface area (Å²) in [4.78, 5) is 28.9. The molecule has 0 unspecified atom stereocenters. The van der Waals surface area contributed by atoms with Crippen LogP contribution in [0.15, 0.2) is 67.3 Å². The first kappa shape index (κ1) is 19.9. The number of allylic oxidation sites excluding steroid dienone is 1. The van der Waals surface area contributed by atoms with Crippen LogP contribution in [-0.2, 0) is 4.79 Å². The average molecular weight is 377 g/mol. The van der Waals surface area contributed by atoms with E-state index in [4.69, 9.17) is 4.74 Å². The standard InChI is InChI=1S/C24H27NO3/c1-6-16-24(21(26)18-10-8-7-9-11-18)20(25(22(24)27)23(2,3)4)17-12-14-19(28-5)15-13-17/h6-15,20H,1,16H2,2-5H3/t20-,24-/m0/s1. The molecule has 0 saturated carbocycles. The first-order valence-electron chi connectivity index (χ1n) is 9.46. The summed E-state index contributed by atoms with van der Waals surface area (Å²) >= 11 is 0. The molecule has 4 heteroatoms. The number of amides is 1. The molecule has 0 aliphatic carbocycles. The molecule has 0 aromatic heterocycles. The minimum absolute atomic E-state index is 0.144. The van der Waals surface area contributed by atoms with E-state index >= 15 is 0 Å². The topological polar surface area (TPSA) is 46.6 Å². The molecule has 0 N–H and O–H groups in total. The highest BCUT2D eigenvalue weighted by atomic mass is 16.5. The van der Waals surface area contributed by atoms with Gasteiger partial charge in [0.25, 0.3) is 0 Å². The van der Waals surface area contributed by atoms with E-state index in [1.165, 1.54) is 0 Å². The quantitative estimate of drug-likeness (QED) is 0.314. The highest BCUT2D eigenvalue weighted by Crippen LogP contribution is 2.57. The molecule has 146 valence electrons. The zero-order valence-corrected chi connectivity index (χ0v) is 16.9. The fourth-order valence-electron chi connectivity index (χ4n) is 4.10. The van der Waals surface area contributed by atoms with Crippen molar-refractivity contribution < 1.29 is 14.3 Å². The number of hydrogen-bond acceptors (Lipinski definition) is 3. The second kappa shape index (κ2) is 7.27. The van der Waals surface area contributed by atoms with Crippen molar-refractivity contribution in [2.75, 3.05) is 7.11 Å². The lowest BCUT2D eigenvalue weighted by molar-refractivity contribution is -0.177. The van der Waals surface area contributed by atoms with Crippen LogP contribution in [0.2, 0.25) is 0 Å². The molecule has 2 atom stereocenters. The molecule has 1 aliphatic rings. The second-order valence-corrected chi connectivity index (χ2v) is 8.18. The number of likely N-dealkylation sites (tertiary alicyclic amines) is 1. The molecule has 0 bridgehead atoms. The number of carbonyl (C=O) groups is 2. The molecular weight excluding hydrogens is 350 g/mol. The number of carbonyl (C=O) groups excluding carboxylic acids is 2. The molecule has 1 saturated heterocycles. The number of methoxy groups -OCH3 is 1. The van der Waals surface area contributed by atoms with Crippen molar-refractivity contribution in [3.8, 4) is 5.75 Å². The molecule has 1 heterocycles. The summed E-state index contributed by atoms with van der Waals surface area (Å²) in [6.07, 6.45) is 1.97. The van der Waals surface area contributed by atoms with Gasteiger partial charge in [-0.2, -0.15) is 0 Å². The van der Waals surface area contributed by atoms with E-state index < -0.39 is 11.0 Å². The zero-order valence-electron chi connectivity index (χ0n) is 16.9. The first-order chi connectivity index (χ1) is 13.3. The van der Waals surface area contributed by atoms with Gasteiger partial charge in [0.2, 0.25) is 5.91 Å². The Morgan fingerprint density at radius 2 is 1.75 bits per heavy atom. The smallest absolute Gasteiger partial charge is 0.240 e. The Morgan fingerprint density at radius 1 is 1.14 bits per heavy atom. The number of rotatable bonds is 6. The lowest BCUT2D eigenvalue weighted by atomic mass is 9.60. The summed E-state index contributed by atoms with van der Waals surface area (Å²) in [7, 11) is 1.62. The number of hydrogen-bond donors (Lipinski definition) is 0. The fourth-order valence-corrected chi connectivity index (χ4v) is 4.10. The van der Waals surface area contributed by atoms with Gasteiger partial charge in [0.05, 0.1) is 13.2 Å². The summed E-state index contributed by atoms with van der Waals surface area (Å²) in [6.45, 7) is 9.81.